The van der Waals surface area contributed by atoms with Crippen molar-refractivity contribution >= 4 is 15.9 Å². The van der Waals surface area contributed by atoms with Crippen LogP contribution in [0, 0.1) is 0 Å². The minimum Gasteiger partial charge on any atom is -0.271 e. The topological polar surface area (TPSA) is 38.0 Å². The Kier molecular flexibility index (Phi) is 5.46. The molecule has 1 atom stereocenters. The minimum absolute atomic E-state index is 0.182. The Morgan fingerprint density at radius 1 is 1.19 bits per heavy atom. The molecule has 0 saturated heterocycles. The quantitative estimate of drug-likeness (QED) is 0.457. The van der Waals surface area contributed by atoms with E-state index in [1.165, 1.54) is 6.07 Å². The summed E-state index contributed by atoms with van der Waals surface area (Å²) in [5.74, 6) is 5.57. The van der Waals surface area contributed by atoms with Gasteiger partial charge in [-0.3, -0.25) is 5.84 Å². The number of hydrogen-bond donors (Lipinski definition) is 2. The van der Waals surface area contributed by atoms with E-state index in [-0.39, 0.29) is 5.56 Å². The maximum absolute atomic E-state index is 13.3. The van der Waals surface area contributed by atoms with Crippen molar-refractivity contribution in [1.29, 1.82) is 0 Å². The summed E-state index contributed by atoms with van der Waals surface area (Å²) in [6.07, 6.45) is 2.46. The van der Waals surface area contributed by atoms with Gasteiger partial charge in [0.15, 0.2) is 0 Å². The molecular weight excluding hydrogens is 345 g/mol. The largest absolute Gasteiger partial charge is 0.416 e. The predicted octanol–water partition coefficient (Wildman–Crippen LogP) is 4.86. The summed E-state index contributed by atoms with van der Waals surface area (Å²) in [4.78, 5) is 0. The van der Waals surface area contributed by atoms with E-state index >= 15 is 0 Å². The Hall–Kier alpha value is -0.850. The van der Waals surface area contributed by atoms with Gasteiger partial charge in [-0.2, -0.15) is 13.2 Å². The van der Waals surface area contributed by atoms with Crippen LogP contribution >= 0.6 is 15.9 Å². The molecule has 0 spiro atoms. The summed E-state index contributed by atoms with van der Waals surface area (Å²) in [6.45, 7) is 0. The van der Waals surface area contributed by atoms with E-state index in [1.807, 2.05) is 6.08 Å². The Bertz CT molecular complexity index is 526. The number of nitrogens with two attached hydrogens (primary N) is 1. The van der Waals surface area contributed by atoms with E-state index in [9.17, 15) is 13.2 Å². The standard InChI is InChI=1S/C15H18BrF3N2/c16-11-7-8-12(13(9-11)15(17,18)19)14(21-20)10-5-3-1-2-4-6-10/h5,7-9,14,21H,1-4,6,20H2. The number of nitrogens with one attached hydrogen (secondary N) is 1. The number of benzene rings is 1. The fourth-order valence-electron chi connectivity index (χ4n) is 2.72. The first kappa shape index (κ1) is 16.5. The SMILES string of the molecule is NNC(C1=CCCCCC1)c1ccc(Br)cc1C(F)(F)F. The van der Waals surface area contributed by atoms with Crippen LogP contribution in [0.3, 0.4) is 0 Å². The Morgan fingerprint density at radius 2 is 1.95 bits per heavy atom. The van der Waals surface area contributed by atoms with Gasteiger partial charge in [0.2, 0.25) is 0 Å². The van der Waals surface area contributed by atoms with Crippen molar-refractivity contribution in [3.05, 3.63) is 45.4 Å². The highest BCUT2D eigenvalue weighted by Crippen LogP contribution is 2.39. The molecule has 2 rings (SSSR count). The highest BCUT2D eigenvalue weighted by atomic mass is 79.9. The monoisotopic (exact) mass is 362 g/mol. The van der Waals surface area contributed by atoms with Crippen LogP contribution in [0.15, 0.2) is 34.3 Å². The lowest BCUT2D eigenvalue weighted by Crippen LogP contribution is -2.31. The maximum Gasteiger partial charge on any atom is 0.416 e. The second-order valence-electron chi connectivity index (χ2n) is 5.21. The van der Waals surface area contributed by atoms with Crippen LogP contribution in [0.1, 0.15) is 49.3 Å². The summed E-state index contributed by atoms with van der Waals surface area (Å²) in [6, 6.07) is 3.62. The second kappa shape index (κ2) is 6.94. The molecule has 1 aromatic carbocycles. The van der Waals surface area contributed by atoms with Crippen molar-refractivity contribution in [3.63, 3.8) is 0 Å². The van der Waals surface area contributed by atoms with Crippen LogP contribution in [0.25, 0.3) is 0 Å². The number of hydrogen-bond acceptors (Lipinski definition) is 2. The highest BCUT2D eigenvalue weighted by molar-refractivity contribution is 9.10. The van der Waals surface area contributed by atoms with Crippen LogP contribution < -0.4 is 11.3 Å². The van der Waals surface area contributed by atoms with Crippen molar-refractivity contribution in [3.8, 4) is 0 Å². The molecule has 0 amide bonds. The molecule has 0 aliphatic heterocycles. The molecule has 0 heterocycles. The van der Waals surface area contributed by atoms with E-state index in [1.54, 1.807) is 6.07 Å². The minimum atomic E-state index is -4.40. The fourth-order valence-corrected chi connectivity index (χ4v) is 3.09. The van der Waals surface area contributed by atoms with Crippen LogP contribution in [-0.4, -0.2) is 0 Å². The lowest BCUT2D eigenvalue weighted by Gasteiger charge is -2.24. The molecule has 0 bridgehead atoms. The summed E-state index contributed by atoms with van der Waals surface area (Å²) >= 11 is 3.10. The summed E-state index contributed by atoms with van der Waals surface area (Å²) in [5.41, 5.74) is 3.04. The third-order valence-corrected chi connectivity index (χ3v) is 4.24. The number of allylic oxidation sites excluding steroid dienone is 1. The Morgan fingerprint density at radius 3 is 2.62 bits per heavy atom. The summed E-state index contributed by atoms with van der Waals surface area (Å²) in [7, 11) is 0. The maximum atomic E-state index is 13.3. The van der Waals surface area contributed by atoms with Crippen LogP contribution in [0.5, 0.6) is 0 Å². The first-order valence-corrected chi connectivity index (χ1v) is 7.74. The molecule has 0 radical (unpaired) electrons. The zero-order valence-electron chi connectivity index (χ0n) is 11.5. The number of hydrazine groups is 1. The van der Waals surface area contributed by atoms with Gasteiger partial charge in [0, 0.05) is 4.47 Å². The van der Waals surface area contributed by atoms with Gasteiger partial charge in [0.1, 0.15) is 0 Å². The smallest absolute Gasteiger partial charge is 0.271 e. The van der Waals surface area contributed by atoms with E-state index < -0.39 is 17.8 Å². The highest BCUT2D eigenvalue weighted by Gasteiger charge is 2.36. The van der Waals surface area contributed by atoms with E-state index in [4.69, 9.17) is 5.84 Å². The average molecular weight is 363 g/mol. The molecule has 1 aliphatic carbocycles. The fraction of sp³-hybridized carbons (Fsp3) is 0.467. The van der Waals surface area contributed by atoms with Gasteiger partial charge in [0.25, 0.3) is 0 Å². The zero-order chi connectivity index (χ0) is 15.5. The Balaban J connectivity index is 2.44. The van der Waals surface area contributed by atoms with Crippen molar-refractivity contribution in [1.82, 2.24) is 5.43 Å². The predicted molar refractivity (Wildman–Crippen MR) is 80.4 cm³/mol. The molecule has 2 nitrogen and oxygen atoms in total. The van der Waals surface area contributed by atoms with Gasteiger partial charge in [-0.25, -0.2) is 5.43 Å². The van der Waals surface area contributed by atoms with Gasteiger partial charge < -0.3 is 0 Å². The normalized spacial score (nSPS) is 18.0. The van der Waals surface area contributed by atoms with Crippen molar-refractivity contribution in [2.24, 2.45) is 5.84 Å². The molecule has 3 N–H and O–H groups in total. The van der Waals surface area contributed by atoms with E-state index in [0.29, 0.717) is 4.47 Å². The average Bonchev–Trinajstić information content (AvgIpc) is 2.69. The molecule has 1 aliphatic rings. The van der Waals surface area contributed by atoms with Gasteiger partial charge in [-0.15, -0.1) is 0 Å². The summed E-state index contributed by atoms with van der Waals surface area (Å²) in [5, 5.41) is 0. The molecule has 1 unspecified atom stereocenters. The third-order valence-electron chi connectivity index (χ3n) is 3.75. The van der Waals surface area contributed by atoms with Gasteiger partial charge >= 0.3 is 6.18 Å². The molecule has 0 fully saturated rings. The van der Waals surface area contributed by atoms with Crippen LogP contribution in [0.4, 0.5) is 13.2 Å². The number of alkyl halides is 3. The zero-order valence-corrected chi connectivity index (χ0v) is 13.1. The third kappa shape index (κ3) is 4.08. The van der Waals surface area contributed by atoms with Crippen molar-refractivity contribution in [2.45, 2.75) is 44.3 Å². The first-order chi connectivity index (χ1) is 9.93. The van der Waals surface area contributed by atoms with Gasteiger partial charge in [-0.1, -0.05) is 40.1 Å². The summed E-state index contributed by atoms with van der Waals surface area (Å²) < 4.78 is 40.2. The molecule has 116 valence electrons. The lowest BCUT2D eigenvalue weighted by atomic mass is 9.92. The van der Waals surface area contributed by atoms with Crippen LogP contribution in [0.2, 0.25) is 0 Å². The van der Waals surface area contributed by atoms with Gasteiger partial charge in [-0.05, 0) is 43.4 Å². The molecule has 6 heteroatoms. The molecule has 0 aromatic heterocycles. The van der Waals surface area contributed by atoms with Crippen LogP contribution in [-0.2, 0) is 6.18 Å². The molecule has 1 aromatic rings. The second-order valence-corrected chi connectivity index (χ2v) is 6.12. The number of halogens is 4. The molecule has 21 heavy (non-hydrogen) atoms. The van der Waals surface area contributed by atoms with E-state index in [0.717, 1.165) is 43.7 Å². The first-order valence-electron chi connectivity index (χ1n) is 6.95. The van der Waals surface area contributed by atoms with Gasteiger partial charge in [0.05, 0.1) is 11.6 Å². The number of rotatable bonds is 3. The molecular formula is C15H18BrF3N2. The Labute approximate surface area is 130 Å². The van der Waals surface area contributed by atoms with Crippen molar-refractivity contribution < 1.29 is 13.2 Å². The lowest BCUT2D eigenvalue weighted by molar-refractivity contribution is -0.138. The van der Waals surface area contributed by atoms with E-state index in [2.05, 4.69) is 21.4 Å². The van der Waals surface area contributed by atoms with Crippen molar-refractivity contribution in [2.75, 3.05) is 0 Å². The molecule has 0 saturated carbocycles.